The molecule has 21 heavy (non-hydrogen) atoms. The molecule has 1 aromatic carbocycles. The summed E-state index contributed by atoms with van der Waals surface area (Å²) in [4.78, 5) is 2.51. The molecule has 2 aliphatic rings. The highest BCUT2D eigenvalue weighted by molar-refractivity contribution is 5.30. The van der Waals surface area contributed by atoms with Gasteiger partial charge in [0.05, 0.1) is 13.2 Å². The normalized spacial score (nSPS) is 23.5. The van der Waals surface area contributed by atoms with E-state index in [-0.39, 0.29) is 0 Å². The molecule has 0 aromatic heterocycles. The van der Waals surface area contributed by atoms with Crippen LogP contribution in [0.1, 0.15) is 30.0 Å². The van der Waals surface area contributed by atoms with Gasteiger partial charge < -0.3 is 15.4 Å². The number of morpholine rings is 1. The molecule has 1 saturated heterocycles. The molecular formula is C17H27N3O. The number of hydrogen-bond donors (Lipinski definition) is 2. The lowest BCUT2D eigenvalue weighted by Gasteiger charge is -2.27. The molecule has 0 aliphatic carbocycles. The lowest BCUT2D eigenvalue weighted by molar-refractivity contribution is 0.0374. The first-order valence-electron chi connectivity index (χ1n) is 8.25. The van der Waals surface area contributed by atoms with Gasteiger partial charge in [0.25, 0.3) is 0 Å². The van der Waals surface area contributed by atoms with Crippen molar-refractivity contribution in [2.75, 3.05) is 45.9 Å². The van der Waals surface area contributed by atoms with Gasteiger partial charge >= 0.3 is 0 Å². The van der Waals surface area contributed by atoms with Crippen molar-refractivity contribution >= 4 is 0 Å². The highest BCUT2D eigenvalue weighted by Gasteiger charge is 2.17. The zero-order valence-electron chi connectivity index (χ0n) is 12.8. The van der Waals surface area contributed by atoms with Crippen LogP contribution in [0, 0.1) is 0 Å². The van der Waals surface area contributed by atoms with Crippen LogP contribution in [-0.4, -0.2) is 50.8 Å². The predicted molar refractivity (Wildman–Crippen MR) is 85.4 cm³/mol. The van der Waals surface area contributed by atoms with Crippen LogP contribution in [0.2, 0.25) is 0 Å². The monoisotopic (exact) mass is 289 g/mol. The van der Waals surface area contributed by atoms with E-state index in [2.05, 4.69) is 39.8 Å². The number of nitrogens with one attached hydrogen (secondary N) is 2. The van der Waals surface area contributed by atoms with Crippen molar-refractivity contribution < 1.29 is 4.74 Å². The SMILES string of the molecule is c1ccc2c(c1)CNCCC2NCCCN1CCOCC1. The predicted octanol–water partition coefficient (Wildman–Crippen LogP) is 1.53. The van der Waals surface area contributed by atoms with Gasteiger partial charge in [-0.15, -0.1) is 0 Å². The van der Waals surface area contributed by atoms with E-state index in [1.165, 1.54) is 30.5 Å². The average Bonchev–Trinajstić information content (AvgIpc) is 2.75. The Kier molecular flexibility index (Phi) is 5.63. The van der Waals surface area contributed by atoms with Crippen molar-refractivity contribution in [3.63, 3.8) is 0 Å². The van der Waals surface area contributed by atoms with Gasteiger partial charge in [-0.2, -0.15) is 0 Å². The van der Waals surface area contributed by atoms with Crippen molar-refractivity contribution in [1.29, 1.82) is 0 Å². The van der Waals surface area contributed by atoms with Crippen molar-refractivity contribution in [1.82, 2.24) is 15.5 Å². The van der Waals surface area contributed by atoms with E-state index in [9.17, 15) is 0 Å². The molecule has 1 unspecified atom stereocenters. The number of hydrogen-bond acceptors (Lipinski definition) is 4. The molecule has 0 amide bonds. The molecule has 0 radical (unpaired) electrons. The topological polar surface area (TPSA) is 36.5 Å². The summed E-state index contributed by atoms with van der Waals surface area (Å²) in [6.45, 7) is 8.35. The van der Waals surface area contributed by atoms with Gasteiger partial charge in [-0.3, -0.25) is 4.90 Å². The van der Waals surface area contributed by atoms with Crippen molar-refractivity contribution in [2.45, 2.75) is 25.4 Å². The van der Waals surface area contributed by atoms with Crippen LogP contribution in [0.25, 0.3) is 0 Å². The quantitative estimate of drug-likeness (QED) is 0.806. The standard InChI is InChI=1S/C17H27N3O/c1-2-5-16-15(4-1)14-18-8-6-17(16)19-7-3-9-20-10-12-21-13-11-20/h1-2,4-5,17-19H,3,6-14H2. The molecule has 3 rings (SSSR count). The number of benzene rings is 1. The second-order valence-electron chi connectivity index (χ2n) is 5.98. The summed E-state index contributed by atoms with van der Waals surface area (Å²) in [7, 11) is 0. The lowest BCUT2D eigenvalue weighted by atomic mass is 9.99. The van der Waals surface area contributed by atoms with E-state index in [0.717, 1.165) is 45.9 Å². The summed E-state index contributed by atoms with van der Waals surface area (Å²) in [5.74, 6) is 0. The Morgan fingerprint density at radius 1 is 1.24 bits per heavy atom. The van der Waals surface area contributed by atoms with Crippen molar-refractivity contribution in [3.8, 4) is 0 Å². The number of rotatable bonds is 5. The van der Waals surface area contributed by atoms with Gasteiger partial charge in [0.15, 0.2) is 0 Å². The fraction of sp³-hybridized carbons (Fsp3) is 0.647. The van der Waals surface area contributed by atoms with Crippen LogP contribution in [0.3, 0.4) is 0 Å². The molecule has 2 aliphatic heterocycles. The molecule has 116 valence electrons. The van der Waals surface area contributed by atoms with Crippen LogP contribution in [0.15, 0.2) is 24.3 Å². The zero-order chi connectivity index (χ0) is 14.3. The molecule has 0 bridgehead atoms. The first-order chi connectivity index (χ1) is 10.4. The second kappa shape index (κ2) is 7.90. The summed E-state index contributed by atoms with van der Waals surface area (Å²) in [6, 6.07) is 9.33. The molecule has 0 spiro atoms. The smallest absolute Gasteiger partial charge is 0.0594 e. The Balaban J connectivity index is 1.46. The second-order valence-corrected chi connectivity index (χ2v) is 5.98. The van der Waals surface area contributed by atoms with Gasteiger partial charge in [0.2, 0.25) is 0 Å². The number of nitrogens with zero attached hydrogens (tertiary/aromatic N) is 1. The van der Waals surface area contributed by atoms with Crippen LogP contribution in [-0.2, 0) is 11.3 Å². The Bertz CT molecular complexity index is 432. The van der Waals surface area contributed by atoms with Crippen molar-refractivity contribution in [2.24, 2.45) is 0 Å². The van der Waals surface area contributed by atoms with E-state index in [4.69, 9.17) is 4.74 Å². The van der Waals surface area contributed by atoms with Crippen LogP contribution in [0.4, 0.5) is 0 Å². The number of fused-ring (bicyclic) bond motifs is 1. The highest BCUT2D eigenvalue weighted by atomic mass is 16.5. The van der Waals surface area contributed by atoms with E-state index in [0.29, 0.717) is 6.04 Å². The summed E-state index contributed by atoms with van der Waals surface area (Å²) in [5.41, 5.74) is 2.93. The Morgan fingerprint density at radius 3 is 3.00 bits per heavy atom. The van der Waals surface area contributed by atoms with E-state index in [1.807, 2.05) is 0 Å². The molecule has 1 aromatic rings. The largest absolute Gasteiger partial charge is 0.379 e. The van der Waals surface area contributed by atoms with Gasteiger partial charge in [-0.25, -0.2) is 0 Å². The van der Waals surface area contributed by atoms with Gasteiger partial charge in [0, 0.05) is 25.7 Å². The van der Waals surface area contributed by atoms with Crippen molar-refractivity contribution in [3.05, 3.63) is 35.4 Å². The highest BCUT2D eigenvalue weighted by Crippen LogP contribution is 2.23. The fourth-order valence-electron chi connectivity index (χ4n) is 3.28. The summed E-state index contributed by atoms with van der Waals surface area (Å²) in [6.07, 6.45) is 2.39. The summed E-state index contributed by atoms with van der Waals surface area (Å²) in [5, 5.41) is 7.27. The third-order valence-corrected chi connectivity index (χ3v) is 4.50. The zero-order valence-corrected chi connectivity index (χ0v) is 12.8. The molecular weight excluding hydrogens is 262 g/mol. The van der Waals surface area contributed by atoms with E-state index >= 15 is 0 Å². The van der Waals surface area contributed by atoms with E-state index in [1.54, 1.807) is 0 Å². The molecule has 2 N–H and O–H groups in total. The summed E-state index contributed by atoms with van der Waals surface area (Å²) < 4.78 is 5.39. The molecule has 1 atom stereocenters. The molecule has 0 saturated carbocycles. The van der Waals surface area contributed by atoms with Gasteiger partial charge in [0.1, 0.15) is 0 Å². The van der Waals surface area contributed by atoms with Crippen LogP contribution >= 0.6 is 0 Å². The van der Waals surface area contributed by atoms with Gasteiger partial charge in [-0.05, 0) is 43.6 Å². The molecule has 1 fully saturated rings. The molecule has 2 heterocycles. The number of ether oxygens (including phenoxy) is 1. The maximum absolute atomic E-state index is 5.39. The Hall–Kier alpha value is -0.940. The minimum absolute atomic E-state index is 0.501. The molecule has 4 nitrogen and oxygen atoms in total. The third kappa shape index (κ3) is 4.27. The average molecular weight is 289 g/mol. The lowest BCUT2D eigenvalue weighted by Crippen LogP contribution is -2.38. The minimum atomic E-state index is 0.501. The van der Waals surface area contributed by atoms with Gasteiger partial charge in [-0.1, -0.05) is 24.3 Å². The summed E-state index contributed by atoms with van der Waals surface area (Å²) >= 11 is 0. The Morgan fingerprint density at radius 2 is 2.10 bits per heavy atom. The molecule has 4 heteroatoms. The first kappa shape index (κ1) is 15.0. The fourth-order valence-corrected chi connectivity index (χ4v) is 3.28. The van der Waals surface area contributed by atoms with Crippen LogP contribution < -0.4 is 10.6 Å². The first-order valence-corrected chi connectivity index (χ1v) is 8.25. The van der Waals surface area contributed by atoms with E-state index < -0.39 is 0 Å². The maximum Gasteiger partial charge on any atom is 0.0594 e. The van der Waals surface area contributed by atoms with Crippen LogP contribution in [0.5, 0.6) is 0 Å². The third-order valence-electron chi connectivity index (χ3n) is 4.50. The minimum Gasteiger partial charge on any atom is -0.379 e. The maximum atomic E-state index is 5.39. The Labute approximate surface area is 127 Å².